The molecule has 1 heterocycles. The van der Waals surface area contributed by atoms with E-state index in [0.29, 0.717) is 11.4 Å². The molecule has 33 heavy (non-hydrogen) atoms. The number of nitrogens with zero attached hydrogens (tertiary/aromatic N) is 2. The molecule has 0 unspecified atom stereocenters. The number of hydrogen-bond acceptors (Lipinski definition) is 6. The van der Waals surface area contributed by atoms with Crippen molar-refractivity contribution in [2.24, 2.45) is 11.7 Å². The molecule has 2 aromatic carbocycles. The number of hydrogen-bond donors (Lipinski definition) is 2. The van der Waals surface area contributed by atoms with Gasteiger partial charge in [0.2, 0.25) is 0 Å². The number of thioether (sulfide) groups is 1. The van der Waals surface area contributed by atoms with Gasteiger partial charge >= 0.3 is 13.1 Å². The molecule has 0 radical (unpaired) electrons. The molecule has 1 aliphatic rings. The van der Waals surface area contributed by atoms with Crippen molar-refractivity contribution in [3.8, 4) is 0 Å². The zero-order valence-corrected chi connectivity index (χ0v) is 21.7. The van der Waals surface area contributed by atoms with Crippen LogP contribution in [0.3, 0.4) is 0 Å². The molecular formula is C24H35BN4O3S. The van der Waals surface area contributed by atoms with Crippen LogP contribution in [0.1, 0.15) is 49.9 Å². The van der Waals surface area contributed by atoms with Crippen molar-refractivity contribution in [3.05, 3.63) is 52.6 Å². The largest absolute Gasteiger partial charge is 0.495 e. The summed E-state index contributed by atoms with van der Waals surface area (Å²) in [6.45, 7) is 14.4. The van der Waals surface area contributed by atoms with Crippen LogP contribution in [0.2, 0.25) is 0 Å². The van der Waals surface area contributed by atoms with Crippen LogP contribution < -0.4 is 22.2 Å². The molecule has 1 fully saturated rings. The minimum absolute atomic E-state index is 0.379. The molecule has 0 saturated carbocycles. The Morgan fingerprint density at radius 1 is 1.00 bits per heavy atom. The van der Waals surface area contributed by atoms with Crippen LogP contribution in [0.15, 0.2) is 35.2 Å². The molecule has 178 valence electrons. The zero-order valence-electron chi connectivity index (χ0n) is 20.9. The van der Waals surface area contributed by atoms with Crippen molar-refractivity contribution in [2.45, 2.75) is 70.3 Å². The molecule has 0 aromatic heterocycles. The van der Waals surface area contributed by atoms with E-state index in [-0.39, 0.29) is 18.3 Å². The summed E-state index contributed by atoms with van der Waals surface area (Å²) in [5.74, 6) is 12.4. The van der Waals surface area contributed by atoms with Crippen LogP contribution in [0.25, 0.3) is 0 Å². The maximum absolute atomic E-state index is 12.3. The second-order valence-corrected chi connectivity index (χ2v) is 10.7. The number of hydrazine groups is 2. The van der Waals surface area contributed by atoms with Crippen molar-refractivity contribution in [1.29, 1.82) is 0 Å². The molecule has 1 aliphatic heterocycles. The molecule has 0 bridgehead atoms. The van der Waals surface area contributed by atoms with Gasteiger partial charge in [-0.25, -0.2) is 21.5 Å². The average molecular weight is 470 g/mol. The van der Waals surface area contributed by atoms with Gasteiger partial charge in [0.05, 0.1) is 16.9 Å². The lowest BCUT2D eigenvalue weighted by atomic mass is 9.75. The predicted octanol–water partition coefficient (Wildman–Crippen LogP) is 3.81. The van der Waals surface area contributed by atoms with Gasteiger partial charge < -0.3 is 9.31 Å². The third-order valence-electron chi connectivity index (χ3n) is 6.60. The van der Waals surface area contributed by atoms with Crippen LogP contribution >= 0.6 is 11.8 Å². The van der Waals surface area contributed by atoms with Crippen molar-refractivity contribution in [2.75, 3.05) is 12.1 Å². The summed E-state index contributed by atoms with van der Waals surface area (Å²) in [6.07, 6.45) is 0. The predicted molar refractivity (Wildman–Crippen MR) is 136 cm³/mol. The Kier molecular flexibility index (Phi) is 7.22. The lowest BCUT2D eigenvalue weighted by molar-refractivity contribution is 0.00578. The van der Waals surface area contributed by atoms with Gasteiger partial charge in [0.15, 0.2) is 0 Å². The summed E-state index contributed by atoms with van der Waals surface area (Å²) in [7, 11) is 1.08. The first-order chi connectivity index (χ1) is 15.2. The Morgan fingerprint density at radius 3 is 2.18 bits per heavy atom. The number of benzene rings is 2. The summed E-state index contributed by atoms with van der Waals surface area (Å²) >= 11 is 1.71. The van der Waals surface area contributed by atoms with Crippen LogP contribution in [-0.4, -0.2) is 36.4 Å². The van der Waals surface area contributed by atoms with Crippen molar-refractivity contribution in [3.63, 3.8) is 0 Å². The summed E-state index contributed by atoms with van der Waals surface area (Å²) in [6, 6.07) is 9.59. The second kappa shape index (κ2) is 9.31. The Bertz CT molecular complexity index is 1040. The van der Waals surface area contributed by atoms with Crippen LogP contribution in [0.4, 0.5) is 10.5 Å². The Balaban J connectivity index is 1.84. The molecule has 3 rings (SSSR count). The monoisotopic (exact) mass is 470 g/mol. The zero-order chi connectivity index (χ0) is 24.7. The third kappa shape index (κ3) is 5.07. The Labute approximate surface area is 201 Å². The molecular weight excluding hydrogens is 435 g/mol. The Morgan fingerprint density at radius 2 is 1.61 bits per heavy atom. The van der Waals surface area contributed by atoms with Crippen LogP contribution in [-0.2, 0) is 15.1 Å². The minimum Gasteiger partial charge on any atom is -0.399 e. The van der Waals surface area contributed by atoms with E-state index in [1.54, 1.807) is 11.8 Å². The van der Waals surface area contributed by atoms with Gasteiger partial charge in [0.25, 0.3) is 0 Å². The SMILES string of the molecule is Cc1cc(B2OC(C)(C)C(C)(C)O2)c(C)cc1SCc1c(C)cccc1N(N)C(=O)N(C)N. The minimum atomic E-state index is -0.481. The topological polar surface area (TPSA) is 94.0 Å². The lowest BCUT2D eigenvalue weighted by Gasteiger charge is -2.32. The fourth-order valence-corrected chi connectivity index (χ4v) is 4.94. The van der Waals surface area contributed by atoms with Gasteiger partial charge in [-0.15, -0.1) is 11.8 Å². The normalized spacial score (nSPS) is 16.7. The molecule has 2 aromatic rings. The molecule has 7 nitrogen and oxygen atoms in total. The van der Waals surface area contributed by atoms with Crippen molar-refractivity contribution in [1.82, 2.24) is 5.01 Å². The molecule has 9 heteroatoms. The number of anilines is 1. The average Bonchev–Trinajstić information content (AvgIpc) is 2.94. The van der Waals surface area contributed by atoms with E-state index in [4.69, 9.17) is 21.0 Å². The third-order valence-corrected chi connectivity index (χ3v) is 7.78. The summed E-state index contributed by atoms with van der Waals surface area (Å²) in [5, 5.41) is 2.07. The number of amides is 2. The molecule has 1 saturated heterocycles. The molecule has 0 spiro atoms. The summed E-state index contributed by atoms with van der Waals surface area (Å²) in [4.78, 5) is 13.5. The van der Waals surface area contributed by atoms with Crippen molar-refractivity contribution >= 4 is 36.1 Å². The first-order valence-electron chi connectivity index (χ1n) is 11.0. The smallest absolute Gasteiger partial charge is 0.399 e. The highest BCUT2D eigenvalue weighted by molar-refractivity contribution is 7.98. The molecule has 0 aliphatic carbocycles. The number of urea groups is 1. The van der Waals surface area contributed by atoms with E-state index in [2.05, 4.69) is 53.7 Å². The molecule has 0 atom stereocenters. The van der Waals surface area contributed by atoms with E-state index < -0.39 is 6.03 Å². The van der Waals surface area contributed by atoms with Gasteiger partial charge in [-0.05, 0) is 82.8 Å². The van der Waals surface area contributed by atoms with Gasteiger partial charge in [-0.2, -0.15) is 0 Å². The van der Waals surface area contributed by atoms with E-state index in [1.165, 1.54) is 7.05 Å². The number of carbonyl (C=O) groups excluding carboxylic acids is 1. The van der Waals surface area contributed by atoms with E-state index in [0.717, 1.165) is 42.6 Å². The Hall–Kier alpha value is -2.04. The van der Waals surface area contributed by atoms with Crippen molar-refractivity contribution < 1.29 is 14.1 Å². The first-order valence-corrected chi connectivity index (χ1v) is 12.0. The quantitative estimate of drug-likeness (QED) is 0.227. The number of aryl methyl sites for hydroxylation is 3. The maximum atomic E-state index is 12.3. The van der Waals surface area contributed by atoms with Crippen LogP contribution in [0, 0.1) is 20.8 Å². The van der Waals surface area contributed by atoms with Crippen LogP contribution in [0.5, 0.6) is 0 Å². The van der Waals surface area contributed by atoms with Gasteiger partial charge in [-0.1, -0.05) is 23.8 Å². The number of rotatable bonds is 5. The lowest BCUT2D eigenvalue weighted by Crippen LogP contribution is -2.49. The summed E-state index contributed by atoms with van der Waals surface area (Å²) in [5.41, 5.74) is 5.26. The van der Waals surface area contributed by atoms with E-state index in [1.807, 2.05) is 25.1 Å². The summed E-state index contributed by atoms with van der Waals surface area (Å²) < 4.78 is 12.5. The molecule has 4 N–H and O–H groups in total. The fraction of sp³-hybridized carbons (Fsp3) is 0.458. The van der Waals surface area contributed by atoms with Gasteiger partial charge in [-0.3, -0.25) is 5.01 Å². The maximum Gasteiger partial charge on any atom is 0.495 e. The number of nitrogens with two attached hydrogens (primary N) is 2. The van der Waals surface area contributed by atoms with E-state index in [9.17, 15) is 4.79 Å². The standard InChI is InChI=1S/C24H35BN4O3S/c1-15-10-9-11-20(29(27)22(30)28(8)26)18(15)14-33-21-13-16(2)19(12-17(21)3)25-31-23(4,5)24(6,7)32-25/h9-13H,14,26-27H2,1-8H3. The first kappa shape index (κ1) is 25.6. The highest BCUT2D eigenvalue weighted by Crippen LogP contribution is 2.37. The van der Waals surface area contributed by atoms with E-state index >= 15 is 0 Å². The molecule has 2 amide bonds. The van der Waals surface area contributed by atoms with Gasteiger partial charge in [0, 0.05) is 17.7 Å². The highest BCUT2D eigenvalue weighted by Gasteiger charge is 2.52. The fourth-order valence-electron chi connectivity index (χ4n) is 3.71. The number of carbonyl (C=O) groups is 1. The second-order valence-electron chi connectivity index (χ2n) is 9.69. The highest BCUT2D eigenvalue weighted by atomic mass is 32.2. The van der Waals surface area contributed by atoms with Gasteiger partial charge in [0.1, 0.15) is 0 Å².